The van der Waals surface area contributed by atoms with Crippen molar-refractivity contribution in [3.05, 3.63) is 37.0 Å². The molecule has 0 rings (SSSR count). The third kappa shape index (κ3) is 18.2. The van der Waals surface area contributed by atoms with Crippen LogP contribution in [0.4, 0.5) is 0 Å². The predicted molar refractivity (Wildman–Crippen MR) is 150 cm³/mol. The molecule has 0 fully saturated rings. The summed E-state index contributed by atoms with van der Waals surface area (Å²) in [6, 6.07) is 0.735. The molecule has 0 aromatic carbocycles. The van der Waals surface area contributed by atoms with E-state index in [1.165, 1.54) is 0 Å². The van der Waals surface area contributed by atoms with Crippen LogP contribution < -0.4 is 0 Å². The first-order valence-corrected chi connectivity index (χ1v) is 15.4. The topological polar surface area (TPSA) is 83.5 Å². The van der Waals surface area contributed by atoms with Crippen molar-refractivity contribution >= 4 is 20.7 Å². The van der Waals surface area contributed by atoms with Gasteiger partial charge in [0.15, 0.2) is 0 Å². The van der Waals surface area contributed by atoms with E-state index in [4.69, 9.17) is 22.8 Å². The Morgan fingerprint density at radius 3 is 2.05 bits per heavy atom. The standard InChI is InChI=1S/C28H51NO7Si/c1-7-10-19-27(30)35-23-14-11-12-17-26(8-2)18-13-15-24-36-28(31)20-22-29(9-3)21-16-25-37(32-4,33-5)34-6/h8,11,13-15,26H,2,7,9-10,12,16-25H2,1,3-6H3/b14-11+,15-13-. The Hall–Kier alpha value is -1.78. The summed E-state index contributed by atoms with van der Waals surface area (Å²) in [5.41, 5.74) is 0. The zero-order chi connectivity index (χ0) is 27.8. The van der Waals surface area contributed by atoms with E-state index in [1.807, 2.05) is 30.4 Å². The van der Waals surface area contributed by atoms with Gasteiger partial charge in [-0.2, -0.15) is 0 Å². The second-order valence-corrected chi connectivity index (χ2v) is 11.9. The molecule has 0 aliphatic carbocycles. The quantitative estimate of drug-likeness (QED) is 0.0921. The van der Waals surface area contributed by atoms with Crippen molar-refractivity contribution in [1.82, 2.24) is 4.90 Å². The molecule has 0 heterocycles. The number of carbonyl (C=O) groups is 2. The summed E-state index contributed by atoms with van der Waals surface area (Å²) < 4.78 is 26.9. The molecule has 0 amide bonds. The molecule has 0 aromatic heterocycles. The number of hydrogen-bond acceptors (Lipinski definition) is 8. The van der Waals surface area contributed by atoms with Gasteiger partial charge in [-0.05, 0) is 51.1 Å². The third-order valence-corrected chi connectivity index (χ3v) is 9.03. The fraction of sp³-hybridized carbons (Fsp3) is 0.714. The Kier molecular flexibility index (Phi) is 22.2. The van der Waals surface area contributed by atoms with Gasteiger partial charge in [0.05, 0.1) is 6.42 Å². The average molecular weight is 542 g/mol. The molecule has 9 heteroatoms. The van der Waals surface area contributed by atoms with Crippen LogP contribution in [0, 0.1) is 5.92 Å². The summed E-state index contributed by atoms with van der Waals surface area (Å²) in [6.07, 6.45) is 16.1. The van der Waals surface area contributed by atoms with Crippen LogP contribution >= 0.6 is 0 Å². The summed E-state index contributed by atoms with van der Waals surface area (Å²) in [6.45, 7) is 11.0. The first-order valence-electron chi connectivity index (χ1n) is 13.5. The molecule has 0 saturated heterocycles. The van der Waals surface area contributed by atoms with Gasteiger partial charge in [0.25, 0.3) is 0 Å². The molecule has 214 valence electrons. The summed E-state index contributed by atoms with van der Waals surface area (Å²) in [5.74, 6) is 0.0145. The lowest BCUT2D eigenvalue weighted by Crippen LogP contribution is -2.43. The largest absolute Gasteiger partial charge is 0.500 e. The SMILES string of the molecule is C=CC(C/C=C\COC(=O)CCN(CC)CCC[Si](OC)(OC)OC)CC/C=C/COC(=O)CCCC. The Morgan fingerprint density at radius 2 is 1.49 bits per heavy atom. The Labute approximate surface area is 226 Å². The molecule has 0 aliphatic heterocycles. The van der Waals surface area contributed by atoms with Crippen molar-refractivity contribution in [3.8, 4) is 0 Å². The Bertz CT molecular complexity index is 657. The first kappa shape index (κ1) is 35.2. The van der Waals surface area contributed by atoms with Crippen molar-refractivity contribution in [3.63, 3.8) is 0 Å². The molecule has 8 nitrogen and oxygen atoms in total. The number of allylic oxidation sites excluding steroid dienone is 3. The van der Waals surface area contributed by atoms with Gasteiger partial charge in [-0.1, -0.05) is 50.6 Å². The maximum Gasteiger partial charge on any atom is 0.500 e. The summed E-state index contributed by atoms with van der Waals surface area (Å²) in [5, 5.41) is 0. The Morgan fingerprint density at radius 1 is 0.865 bits per heavy atom. The van der Waals surface area contributed by atoms with Crippen LogP contribution in [0.5, 0.6) is 0 Å². The van der Waals surface area contributed by atoms with Crippen molar-refractivity contribution in [2.24, 2.45) is 5.92 Å². The molecule has 0 aliphatic rings. The minimum absolute atomic E-state index is 0.135. The van der Waals surface area contributed by atoms with Crippen LogP contribution in [-0.2, 0) is 32.3 Å². The van der Waals surface area contributed by atoms with Crippen LogP contribution in [0.3, 0.4) is 0 Å². The Balaban J connectivity index is 4.06. The van der Waals surface area contributed by atoms with E-state index < -0.39 is 8.80 Å². The highest BCUT2D eigenvalue weighted by Crippen LogP contribution is 2.16. The fourth-order valence-electron chi connectivity index (χ4n) is 3.67. The van der Waals surface area contributed by atoms with Crippen molar-refractivity contribution in [2.45, 2.75) is 71.3 Å². The summed E-state index contributed by atoms with van der Waals surface area (Å²) in [7, 11) is 2.31. The van der Waals surface area contributed by atoms with Gasteiger partial charge in [-0.3, -0.25) is 9.59 Å². The molecular weight excluding hydrogens is 490 g/mol. The molecule has 0 radical (unpaired) electrons. The predicted octanol–water partition coefficient (Wildman–Crippen LogP) is 5.33. The zero-order valence-electron chi connectivity index (χ0n) is 23.9. The van der Waals surface area contributed by atoms with E-state index in [2.05, 4.69) is 25.3 Å². The van der Waals surface area contributed by atoms with Gasteiger partial charge in [-0.15, -0.1) is 6.58 Å². The number of nitrogens with zero attached hydrogens (tertiary/aromatic N) is 1. The number of rotatable bonds is 24. The van der Waals surface area contributed by atoms with Gasteiger partial charge >= 0.3 is 20.7 Å². The lowest BCUT2D eigenvalue weighted by molar-refractivity contribution is -0.143. The van der Waals surface area contributed by atoms with Crippen LogP contribution in [0.2, 0.25) is 6.04 Å². The van der Waals surface area contributed by atoms with E-state index >= 15 is 0 Å². The van der Waals surface area contributed by atoms with Crippen molar-refractivity contribution < 1.29 is 32.3 Å². The molecular formula is C28H51NO7Si. The van der Waals surface area contributed by atoms with E-state index in [1.54, 1.807) is 21.3 Å². The van der Waals surface area contributed by atoms with Gasteiger partial charge in [0.1, 0.15) is 13.2 Å². The smallest absolute Gasteiger partial charge is 0.461 e. The average Bonchev–Trinajstić information content (AvgIpc) is 2.92. The normalized spacial score (nSPS) is 12.9. The van der Waals surface area contributed by atoms with Crippen LogP contribution in [0.15, 0.2) is 37.0 Å². The summed E-state index contributed by atoms with van der Waals surface area (Å²) >= 11 is 0. The molecule has 0 aromatic rings. The van der Waals surface area contributed by atoms with Crippen LogP contribution in [0.25, 0.3) is 0 Å². The molecule has 0 N–H and O–H groups in total. The minimum Gasteiger partial charge on any atom is -0.461 e. The third-order valence-electron chi connectivity index (χ3n) is 6.19. The van der Waals surface area contributed by atoms with Gasteiger partial charge < -0.3 is 27.7 Å². The molecule has 1 atom stereocenters. The minimum atomic E-state index is -2.55. The second-order valence-electron chi connectivity index (χ2n) is 8.80. The summed E-state index contributed by atoms with van der Waals surface area (Å²) in [4.78, 5) is 25.8. The highest BCUT2D eigenvalue weighted by atomic mass is 28.4. The molecule has 37 heavy (non-hydrogen) atoms. The maximum absolute atomic E-state index is 12.1. The number of unbranched alkanes of at least 4 members (excludes halogenated alkanes) is 1. The van der Waals surface area contributed by atoms with Crippen molar-refractivity contribution in [1.29, 1.82) is 0 Å². The van der Waals surface area contributed by atoms with Gasteiger partial charge in [-0.25, -0.2) is 0 Å². The zero-order valence-corrected chi connectivity index (χ0v) is 24.9. The van der Waals surface area contributed by atoms with E-state index in [-0.39, 0.29) is 18.5 Å². The number of esters is 2. The molecule has 0 spiro atoms. The van der Waals surface area contributed by atoms with Crippen LogP contribution in [0.1, 0.15) is 65.2 Å². The van der Waals surface area contributed by atoms with Crippen molar-refractivity contribution in [2.75, 3.05) is 54.2 Å². The lowest BCUT2D eigenvalue weighted by Gasteiger charge is -2.26. The maximum atomic E-state index is 12.1. The molecule has 0 bridgehead atoms. The number of hydrogen-bond donors (Lipinski definition) is 0. The lowest BCUT2D eigenvalue weighted by atomic mass is 9.99. The van der Waals surface area contributed by atoms with Gasteiger partial charge in [0.2, 0.25) is 0 Å². The number of carbonyl (C=O) groups excluding carboxylic acids is 2. The molecule has 1 unspecified atom stereocenters. The van der Waals surface area contributed by atoms with Crippen LogP contribution in [-0.4, -0.2) is 79.8 Å². The first-order chi connectivity index (χ1) is 17.9. The second kappa shape index (κ2) is 23.3. The van der Waals surface area contributed by atoms with Gasteiger partial charge in [0, 0.05) is 40.3 Å². The monoisotopic (exact) mass is 541 g/mol. The fourth-order valence-corrected chi connectivity index (χ4v) is 5.37. The molecule has 0 saturated carbocycles. The highest BCUT2D eigenvalue weighted by molar-refractivity contribution is 6.60. The van der Waals surface area contributed by atoms with E-state index in [0.717, 1.165) is 57.7 Å². The van der Waals surface area contributed by atoms with E-state index in [9.17, 15) is 9.59 Å². The van der Waals surface area contributed by atoms with E-state index in [0.29, 0.717) is 31.9 Å². The highest BCUT2D eigenvalue weighted by Gasteiger charge is 2.36. The number of ether oxygens (including phenoxy) is 2.